The Morgan fingerprint density at radius 3 is 1.79 bits per heavy atom. The van der Waals surface area contributed by atoms with Crippen molar-refractivity contribution in [1.82, 2.24) is 0 Å². The molecule has 0 radical (unpaired) electrons. The normalized spacial score (nSPS) is 11.6. The average molecular weight is 402 g/mol. The monoisotopic (exact) mass is 402 g/mol. The van der Waals surface area contributed by atoms with Crippen LogP contribution in [0.3, 0.4) is 0 Å². The molecule has 4 nitrogen and oxygen atoms in total. The molecule has 0 aliphatic rings. The van der Waals surface area contributed by atoms with E-state index >= 15 is 0 Å². The average Bonchev–Trinajstić information content (AvgIpc) is 2.67. The third-order valence-corrected chi connectivity index (χ3v) is 6.31. The Kier molecular flexibility index (Phi) is 9.63. The molecule has 0 atom stereocenters. The van der Waals surface area contributed by atoms with E-state index in [-0.39, 0.29) is 12.4 Å². The van der Waals surface area contributed by atoms with Crippen LogP contribution in [0, 0.1) is 0 Å². The van der Waals surface area contributed by atoms with Crippen LogP contribution < -0.4 is 10.6 Å². The van der Waals surface area contributed by atoms with E-state index < -0.39 is 13.5 Å². The van der Waals surface area contributed by atoms with Crippen molar-refractivity contribution in [3.05, 3.63) is 60.7 Å². The molecule has 0 saturated carbocycles. The standard InChI is InChI=1S/C23H31O4P/c1-23(2,3)27-22(24)14-15-25-16-17-26-18-19-28(20-10-6-4-7-11-20)21-12-8-5-9-13-21/h4-13H,14-19H2,1-3H3. The highest BCUT2D eigenvalue weighted by Gasteiger charge is 2.16. The molecule has 0 aliphatic carbocycles. The zero-order chi connectivity index (χ0) is 20.2. The number of hydrogen-bond acceptors (Lipinski definition) is 4. The Labute approximate surface area is 170 Å². The SMILES string of the molecule is CC(C)(C)OC(=O)CCOCCOCCP(c1ccccc1)c1ccccc1. The molecular formula is C23H31O4P. The quantitative estimate of drug-likeness (QED) is 0.325. The predicted molar refractivity (Wildman–Crippen MR) is 116 cm³/mol. The van der Waals surface area contributed by atoms with Gasteiger partial charge in [0.1, 0.15) is 5.60 Å². The van der Waals surface area contributed by atoms with Crippen molar-refractivity contribution in [3.8, 4) is 0 Å². The summed E-state index contributed by atoms with van der Waals surface area (Å²) in [5.74, 6) is -0.232. The molecular weight excluding hydrogens is 371 g/mol. The molecule has 0 bridgehead atoms. The Morgan fingerprint density at radius 2 is 1.29 bits per heavy atom. The van der Waals surface area contributed by atoms with Crippen LogP contribution in [-0.2, 0) is 19.0 Å². The lowest BCUT2D eigenvalue weighted by Crippen LogP contribution is -2.24. The third kappa shape index (κ3) is 8.97. The molecule has 0 aliphatic heterocycles. The fourth-order valence-electron chi connectivity index (χ4n) is 2.65. The number of esters is 1. The topological polar surface area (TPSA) is 44.8 Å². The molecule has 0 N–H and O–H groups in total. The molecule has 28 heavy (non-hydrogen) atoms. The van der Waals surface area contributed by atoms with Crippen LogP contribution in [0.25, 0.3) is 0 Å². The second-order valence-corrected chi connectivity index (χ2v) is 9.72. The molecule has 0 heterocycles. The summed E-state index contributed by atoms with van der Waals surface area (Å²) in [4.78, 5) is 11.6. The number of ether oxygens (including phenoxy) is 3. The van der Waals surface area contributed by atoms with Crippen LogP contribution in [0.5, 0.6) is 0 Å². The number of rotatable bonds is 11. The third-order valence-electron chi connectivity index (χ3n) is 3.84. The lowest BCUT2D eigenvalue weighted by Gasteiger charge is -2.19. The van der Waals surface area contributed by atoms with Crippen LogP contribution in [-0.4, -0.2) is 44.2 Å². The largest absolute Gasteiger partial charge is 0.460 e. The van der Waals surface area contributed by atoms with E-state index in [1.807, 2.05) is 32.9 Å². The zero-order valence-corrected chi connectivity index (χ0v) is 18.0. The van der Waals surface area contributed by atoms with Crippen molar-refractivity contribution in [3.63, 3.8) is 0 Å². The molecule has 0 fully saturated rings. The molecule has 5 heteroatoms. The molecule has 0 saturated heterocycles. The summed E-state index contributed by atoms with van der Waals surface area (Å²) in [5.41, 5.74) is -0.448. The Bertz CT molecular complexity index is 643. The smallest absolute Gasteiger partial charge is 0.308 e. The van der Waals surface area contributed by atoms with Gasteiger partial charge in [0.05, 0.1) is 32.8 Å². The maximum Gasteiger partial charge on any atom is 0.308 e. The highest BCUT2D eigenvalue weighted by atomic mass is 31.1. The first-order chi connectivity index (χ1) is 13.5. The van der Waals surface area contributed by atoms with Crippen LogP contribution >= 0.6 is 7.92 Å². The maximum absolute atomic E-state index is 11.6. The minimum atomic E-state index is -0.448. The minimum Gasteiger partial charge on any atom is -0.460 e. The Morgan fingerprint density at radius 1 is 0.786 bits per heavy atom. The van der Waals surface area contributed by atoms with Gasteiger partial charge in [0.2, 0.25) is 0 Å². The maximum atomic E-state index is 11.6. The molecule has 2 aromatic rings. The van der Waals surface area contributed by atoms with E-state index in [2.05, 4.69) is 48.5 Å². The van der Waals surface area contributed by atoms with Gasteiger partial charge >= 0.3 is 5.97 Å². The highest BCUT2D eigenvalue weighted by Crippen LogP contribution is 2.32. The second-order valence-electron chi connectivity index (χ2n) is 7.38. The van der Waals surface area contributed by atoms with Crippen molar-refractivity contribution < 1.29 is 19.0 Å². The van der Waals surface area contributed by atoms with Crippen molar-refractivity contribution in [2.45, 2.75) is 32.8 Å². The Balaban J connectivity index is 1.66. The van der Waals surface area contributed by atoms with Crippen LogP contribution in [0.4, 0.5) is 0 Å². The van der Waals surface area contributed by atoms with Gasteiger partial charge in [-0.3, -0.25) is 4.79 Å². The summed E-state index contributed by atoms with van der Waals surface area (Å²) in [6.45, 7) is 7.64. The van der Waals surface area contributed by atoms with Crippen LogP contribution in [0.2, 0.25) is 0 Å². The molecule has 0 unspecified atom stereocenters. The molecule has 2 rings (SSSR count). The summed E-state index contributed by atoms with van der Waals surface area (Å²) in [5, 5.41) is 2.72. The zero-order valence-electron chi connectivity index (χ0n) is 17.1. The molecule has 0 spiro atoms. The van der Waals surface area contributed by atoms with Gasteiger partial charge in [0.15, 0.2) is 0 Å². The van der Waals surface area contributed by atoms with E-state index in [9.17, 15) is 4.79 Å². The van der Waals surface area contributed by atoms with Gasteiger partial charge in [-0.1, -0.05) is 60.7 Å². The summed E-state index contributed by atoms with van der Waals surface area (Å²) >= 11 is 0. The minimum absolute atomic E-state index is 0.232. The fourth-order valence-corrected chi connectivity index (χ4v) is 4.84. The highest BCUT2D eigenvalue weighted by molar-refractivity contribution is 7.73. The van der Waals surface area contributed by atoms with E-state index in [1.54, 1.807) is 0 Å². The molecule has 152 valence electrons. The van der Waals surface area contributed by atoms with Gasteiger partial charge < -0.3 is 14.2 Å². The van der Waals surface area contributed by atoms with Crippen molar-refractivity contribution in [1.29, 1.82) is 0 Å². The second kappa shape index (κ2) is 12.0. The van der Waals surface area contributed by atoms with Gasteiger partial charge in [-0.05, 0) is 45.5 Å². The summed E-state index contributed by atoms with van der Waals surface area (Å²) in [6, 6.07) is 21.2. The number of hydrogen-bond donors (Lipinski definition) is 0. The lowest BCUT2D eigenvalue weighted by molar-refractivity contribution is -0.156. The lowest BCUT2D eigenvalue weighted by atomic mass is 10.2. The first-order valence-corrected chi connectivity index (χ1v) is 11.2. The van der Waals surface area contributed by atoms with Crippen molar-refractivity contribution >= 4 is 24.5 Å². The summed E-state index contributed by atoms with van der Waals surface area (Å²) < 4.78 is 16.5. The number of carbonyl (C=O) groups excluding carboxylic acids is 1. The van der Waals surface area contributed by atoms with E-state index in [1.165, 1.54) is 10.6 Å². The van der Waals surface area contributed by atoms with E-state index in [4.69, 9.17) is 14.2 Å². The van der Waals surface area contributed by atoms with Crippen molar-refractivity contribution in [2.24, 2.45) is 0 Å². The molecule has 2 aromatic carbocycles. The van der Waals surface area contributed by atoms with Gasteiger partial charge in [-0.15, -0.1) is 0 Å². The van der Waals surface area contributed by atoms with E-state index in [0.29, 0.717) is 26.4 Å². The van der Waals surface area contributed by atoms with Crippen LogP contribution in [0.15, 0.2) is 60.7 Å². The van der Waals surface area contributed by atoms with Gasteiger partial charge in [0.25, 0.3) is 0 Å². The van der Waals surface area contributed by atoms with Gasteiger partial charge in [-0.25, -0.2) is 0 Å². The number of carbonyl (C=O) groups is 1. The molecule has 0 amide bonds. The summed E-state index contributed by atoms with van der Waals surface area (Å²) in [7, 11) is -0.428. The van der Waals surface area contributed by atoms with Crippen LogP contribution in [0.1, 0.15) is 27.2 Å². The first kappa shape index (κ1) is 22.5. The number of benzene rings is 2. The fraction of sp³-hybridized carbons (Fsp3) is 0.435. The first-order valence-electron chi connectivity index (χ1n) is 9.71. The van der Waals surface area contributed by atoms with E-state index in [0.717, 1.165) is 6.16 Å². The molecule has 0 aromatic heterocycles. The Hall–Kier alpha value is -1.74. The predicted octanol–water partition coefficient (Wildman–Crippen LogP) is 3.88. The van der Waals surface area contributed by atoms with Gasteiger partial charge in [0, 0.05) is 0 Å². The van der Waals surface area contributed by atoms with Gasteiger partial charge in [-0.2, -0.15) is 0 Å². The van der Waals surface area contributed by atoms with Crippen molar-refractivity contribution in [2.75, 3.05) is 32.6 Å². The summed E-state index contributed by atoms with van der Waals surface area (Å²) in [6.07, 6.45) is 1.24.